The molecule has 48 heavy (non-hydrogen) atoms. The number of aryl methyl sites for hydroxylation is 1. The molecule has 0 aliphatic carbocycles. The van der Waals surface area contributed by atoms with E-state index in [0.717, 1.165) is 29.6 Å². The van der Waals surface area contributed by atoms with E-state index in [2.05, 4.69) is 15.3 Å². The fraction of sp³-hybridized carbons (Fsp3) is 0.481. The number of nitrogens with zero attached hydrogens (tertiary/aromatic N) is 4. The van der Waals surface area contributed by atoms with Gasteiger partial charge in [0, 0.05) is 30.0 Å². The van der Waals surface area contributed by atoms with Gasteiger partial charge in [0.2, 0.25) is 15.1 Å². The molecule has 8 rings (SSSR count). The molecule has 0 saturated carbocycles. The quantitative estimate of drug-likeness (QED) is 0.204. The molecule has 1 aromatic carbocycles. The highest BCUT2D eigenvalue weighted by atomic mass is 35.5. The van der Waals surface area contributed by atoms with Gasteiger partial charge < -0.3 is 42.0 Å². The summed E-state index contributed by atoms with van der Waals surface area (Å²) in [5.74, 6) is 0. The summed E-state index contributed by atoms with van der Waals surface area (Å²) in [5, 5.41) is 4.59. The highest BCUT2D eigenvalue weighted by Crippen LogP contribution is 2.54. The van der Waals surface area contributed by atoms with Crippen molar-refractivity contribution in [1.82, 2.24) is 19.1 Å². The van der Waals surface area contributed by atoms with Gasteiger partial charge in [0.15, 0.2) is 24.8 Å². The van der Waals surface area contributed by atoms with Gasteiger partial charge in [0.1, 0.15) is 30.1 Å². The van der Waals surface area contributed by atoms with Crippen molar-refractivity contribution in [1.29, 1.82) is 0 Å². The Bertz CT molecular complexity index is 2010. The van der Waals surface area contributed by atoms with Crippen LogP contribution in [-0.4, -0.2) is 90.8 Å². The van der Waals surface area contributed by atoms with Crippen molar-refractivity contribution in [3.63, 3.8) is 0 Å². The molecular weight excluding hydrogens is 715 g/mol. The maximum absolute atomic E-state index is 16.3. The van der Waals surface area contributed by atoms with Crippen LogP contribution in [0.2, 0.25) is 10.0 Å². The number of anilines is 1. The number of alkyl halides is 2. The van der Waals surface area contributed by atoms with E-state index < -0.39 is 77.4 Å². The second-order valence-corrected chi connectivity index (χ2v) is 15.8. The average molecular weight is 740 g/mol. The van der Waals surface area contributed by atoms with E-state index in [1.807, 2.05) is 6.07 Å². The molecule has 4 radical (unpaired) electrons. The zero-order valence-electron chi connectivity index (χ0n) is 24.7. The Kier molecular flexibility index (Phi) is 8.51. The van der Waals surface area contributed by atoms with Crippen LogP contribution in [-0.2, 0) is 43.1 Å². The molecule has 13 nitrogen and oxygen atoms in total. The van der Waals surface area contributed by atoms with Crippen LogP contribution in [0.25, 0.3) is 22.1 Å². The largest absolute Gasteiger partial charge is 0.384 e. The van der Waals surface area contributed by atoms with Gasteiger partial charge in [-0.3, -0.25) is 9.13 Å². The number of benzene rings is 1. The Balaban J connectivity index is 1.08. The first-order valence-corrected chi connectivity index (χ1v) is 18.9. The molecule has 250 valence electrons. The van der Waals surface area contributed by atoms with Crippen LogP contribution in [0, 0.1) is 0 Å². The number of pyridine rings is 1. The van der Waals surface area contributed by atoms with E-state index in [4.69, 9.17) is 65.9 Å². The number of hydrogen-bond acceptors (Lipinski definition) is 11. The van der Waals surface area contributed by atoms with Crippen LogP contribution in [0.4, 0.5) is 14.5 Å². The molecular formula is C27H25B2Cl2F2N5O8P2. The van der Waals surface area contributed by atoms with Gasteiger partial charge >= 0.3 is 0 Å². The molecule has 3 fully saturated rings. The van der Waals surface area contributed by atoms with Gasteiger partial charge in [-0.05, 0) is 36.6 Å². The third-order valence-electron chi connectivity index (χ3n) is 8.80. The first-order valence-electron chi connectivity index (χ1n) is 15.0. The minimum absolute atomic E-state index is 0.185. The van der Waals surface area contributed by atoms with Crippen molar-refractivity contribution in [2.24, 2.45) is 0 Å². The number of rotatable bonds is 2. The molecule has 7 heterocycles. The van der Waals surface area contributed by atoms with E-state index in [0.29, 0.717) is 23.1 Å². The van der Waals surface area contributed by atoms with Crippen molar-refractivity contribution in [3.8, 4) is 0 Å². The Labute approximate surface area is 284 Å². The predicted molar refractivity (Wildman–Crippen MR) is 172 cm³/mol. The van der Waals surface area contributed by atoms with Gasteiger partial charge in [0.25, 0.3) is 14.9 Å². The van der Waals surface area contributed by atoms with Gasteiger partial charge in [0.05, 0.1) is 40.6 Å². The Morgan fingerprint density at radius 1 is 0.917 bits per heavy atom. The highest BCUT2D eigenvalue weighted by molar-refractivity contribution is 7.79. The zero-order valence-corrected chi connectivity index (χ0v) is 28.0. The molecule has 1 N–H and O–H groups in total. The second kappa shape index (κ2) is 12.3. The summed E-state index contributed by atoms with van der Waals surface area (Å²) < 4.78 is 95.9. The van der Waals surface area contributed by atoms with Gasteiger partial charge in [-0.25, -0.2) is 18.7 Å². The third kappa shape index (κ3) is 5.83. The molecule has 4 aromatic rings. The molecule has 21 heteroatoms. The normalized spacial score (nSPS) is 37.3. The fourth-order valence-electron chi connectivity index (χ4n) is 6.63. The third-order valence-corrected chi connectivity index (χ3v) is 11.6. The van der Waals surface area contributed by atoms with E-state index in [-0.39, 0.29) is 10.0 Å². The molecule has 4 aliphatic heterocycles. The fourth-order valence-corrected chi connectivity index (χ4v) is 8.96. The summed E-state index contributed by atoms with van der Waals surface area (Å²) in [7, 11) is 2.72. The maximum Gasteiger partial charge on any atom is 0.264 e. The van der Waals surface area contributed by atoms with Crippen molar-refractivity contribution in [3.05, 3.63) is 52.5 Å². The molecule has 0 bridgehead atoms. The number of fused-ring (bicyclic) bond motifs is 3. The predicted octanol–water partition coefficient (Wildman–Crippen LogP) is 5.59. The van der Waals surface area contributed by atoms with E-state index in [1.54, 1.807) is 12.4 Å². The van der Waals surface area contributed by atoms with Crippen LogP contribution < -0.4 is 5.32 Å². The lowest BCUT2D eigenvalue weighted by Crippen LogP contribution is -2.37. The van der Waals surface area contributed by atoms with Crippen molar-refractivity contribution < 1.29 is 45.5 Å². The number of hydrogen-bond donors (Lipinski definition) is 1. The van der Waals surface area contributed by atoms with E-state index in [1.165, 1.54) is 27.6 Å². The number of nitrogens with one attached hydrogen (secondary N) is 1. The summed E-state index contributed by atoms with van der Waals surface area (Å²) in [6.45, 7) is -0.576. The van der Waals surface area contributed by atoms with Crippen molar-refractivity contribution in [2.45, 2.75) is 62.1 Å². The van der Waals surface area contributed by atoms with Crippen molar-refractivity contribution in [2.75, 3.05) is 25.1 Å². The number of imidazole rings is 1. The SMILES string of the molecule is [B]P1(=O)OC[C@H]2O[C@@H](n3cnc4cc(Cl)c(Cl)cc43)C(F)[C@H]2OP([B])(=O)OC[C@H]2O[C@@H](n3cc4c5c(ccnc53)NCCC4)[C@@H](F)C2O1. The summed E-state index contributed by atoms with van der Waals surface area (Å²) in [5.41, 5.74) is 2.99. The molecule has 4 unspecified atom stereocenters. The van der Waals surface area contributed by atoms with Gasteiger partial charge in [-0.1, -0.05) is 23.2 Å². The van der Waals surface area contributed by atoms with Crippen LogP contribution in [0.3, 0.4) is 0 Å². The van der Waals surface area contributed by atoms with Crippen LogP contribution in [0.5, 0.6) is 0 Å². The van der Waals surface area contributed by atoms with Crippen LogP contribution >= 0.6 is 38.2 Å². The number of aromatic nitrogens is 4. The lowest BCUT2D eigenvalue weighted by molar-refractivity contribution is -0.0546. The number of ether oxygens (including phenoxy) is 2. The molecule has 3 saturated heterocycles. The number of halogens is 4. The summed E-state index contributed by atoms with van der Waals surface area (Å²) in [6.07, 6.45) is -6.59. The lowest BCUT2D eigenvalue weighted by Gasteiger charge is -2.29. The van der Waals surface area contributed by atoms with E-state index >= 15 is 8.78 Å². The molecule has 0 spiro atoms. The first-order chi connectivity index (χ1) is 22.9. The highest BCUT2D eigenvalue weighted by Gasteiger charge is 2.53. The molecule has 4 aliphatic rings. The smallest absolute Gasteiger partial charge is 0.264 e. The maximum atomic E-state index is 16.3. The Hall–Kier alpha value is -2.03. The standard InChI is InChI=1S/C27H25B2Cl2F2N5O8P2/c28-47(39)42-10-19-24(22(33)27(44-19)38-11-36-16-6-13(30)14(31)7-17(16)38)46-48(29,40)41-9-18-23(45-47)21(32)26(43-18)37-8-12-2-1-4-34-15-3-5-35-25(37)20(12)15/h3,5-8,11,18-19,21-24,26-27,34H,1-2,4,9-10H2/t18-,19-,21+,22?,23?,24+,26-,27-,47?,48?/m1/s1. The van der Waals surface area contributed by atoms with Crippen molar-refractivity contribution >= 4 is 81.0 Å². The minimum atomic E-state index is -4.57. The Morgan fingerprint density at radius 2 is 1.54 bits per heavy atom. The second-order valence-electron chi connectivity index (χ2n) is 11.9. The van der Waals surface area contributed by atoms with Gasteiger partial charge in [-0.15, -0.1) is 0 Å². The summed E-state index contributed by atoms with van der Waals surface area (Å²) in [4.78, 5) is 8.68. The zero-order chi connectivity index (χ0) is 33.5. The van der Waals surface area contributed by atoms with Crippen LogP contribution in [0.15, 0.2) is 36.9 Å². The average Bonchev–Trinajstić information content (AvgIpc) is 3.73. The molecule has 0 amide bonds. The Morgan fingerprint density at radius 3 is 2.21 bits per heavy atom. The van der Waals surface area contributed by atoms with Gasteiger partial charge in [-0.2, -0.15) is 0 Å². The topological polar surface area (TPSA) is 137 Å². The van der Waals surface area contributed by atoms with E-state index in [9.17, 15) is 9.13 Å². The monoisotopic (exact) mass is 739 g/mol. The molecule has 3 aromatic heterocycles. The minimum Gasteiger partial charge on any atom is -0.384 e. The summed E-state index contributed by atoms with van der Waals surface area (Å²) in [6, 6.07) is 4.80. The first kappa shape index (κ1) is 33.1. The lowest BCUT2D eigenvalue weighted by atomic mass is 10.1. The summed E-state index contributed by atoms with van der Waals surface area (Å²) >= 11 is 12.3. The molecule has 10 atom stereocenters. The van der Waals surface area contributed by atoms with Crippen LogP contribution in [0.1, 0.15) is 24.4 Å².